The van der Waals surface area contributed by atoms with Crippen molar-refractivity contribution in [2.24, 2.45) is 5.92 Å². The Morgan fingerprint density at radius 1 is 1.08 bits per heavy atom. The van der Waals surface area contributed by atoms with Gasteiger partial charge in [-0.05, 0) is 42.2 Å². The first-order chi connectivity index (χ1) is 17.1. The minimum absolute atomic E-state index is 0.0583. The Morgan fingerprint density at radius 2 is 1.75 bits per heavy atom. The maximum Gasteiger partial charge on any atom is 0.269 e. The van der Waals surface area contributed by atoms with Gasteiger partial charge in [-0.1, -0.05) is 45.0 Å². The van der Waals surface area contributed by atoms with E-state index in [1.54, 1.807) is 31.4 Å². The number of ether oxygens (including phenoxy) is 1. The lowest BCUT2D eigenvalue weighted by Crippen LogP contribution is -2.50. The summed E-state index contributed by atoms with van der Waals surface area (Å²) in [6.45, 7) is 6.09. The van der Waals surface area contributed by atoms with Crippen molar-refractivity contribution in [3.8, 4) is 5.75 Å². The highest BCUT2D eigenvalue weighted by Gasteiger charge is 2.41. The van der Waals surface area contributed by atoms with E-state index in [1.165, 1.54) is 17.0 Å². The molecule has 1 atom stereocenters. The van der Waals surface area contributed by atoms with Gasteiger partial charge >= 0.3 is 0 Å². The van der Waals surface area contributed by atoms with Crippen LogP contribution in [0.25, 0.3) is 0 Å². The summed E-state index contributed by atoms with van der Waals surface area (Å²) in [5.41, 5.74) is 0.885. The number of benzene rings is 2. The third kappa shape index (κ3) is 5.87. The van der Waals surface area contributed by atoms with Crippen LogP contribution in [0.4, 0.5) is 0 Å². The molecule has 0 saturated carbocycles. The smallest absolute Gasteiger partial charge is 0.269 e. The van der Waals surface area contributed by atoms with Crippen LogP contribution in [0.1, 0.15) is 49.5 Å². The minimum atomic E-state index is -4.02. The zero-order valence-electron chi connectivity index (χ0n) is 21.1. The van der Waals surface area contributed by atoms with Crippen molar-refractivity contribution in [2.75, 3.05) is 20.2 Å². The third-order valence-electron chi connectivity index (χ3n) is 6.02. The quantitative estimate of drug-likeness (QED) is 0.492. The predicted octanol–water partition coefficient (Wildman–Crippen LogP) is 2.81. The Bertz CT molecular complexity index is 1210. The van der Waals surface area contributed by atoms with Gasteiger partial charge in [-0.2, -0.15) is 0 Å². The molecule has 3 rings (SSSR count). The number of hydrogen-bond acceptors (Lipinski definition) is 6. The summed E-state index contributed by atoms with van der Waals surface area (Å²) in [7, 11) is -2.47. The molecule has 0 aromatic heterocycles. The molecule has 0 saturated heterocycles. The zero-order chi connectivity index (χ0) is 26.5. The maximum absolute atomic E-state index is 13.4. The molecule has 1 heterocycles. The molecular formula is C26H33N3O6S. The molecule has 9 nitrogen and oxygen atoms in total. The maximum atomic E-state index is 13.4. The summed E-state index contributed by atoms with van der Waals surface area (Å²) in [4.78, 5) is 40.6. The zero-order valence-corrected chi connectivity index (χ0v) is 21.9. The van der Waals surface area contributed by atoms with Gasteiger partial charge < -0.3 is 15.0 Å². The molecule has 10 heteroatoms. The van der Waals surface area contributed by atoms with Crippen molar-refractivity contribution in [1.82, 2.24) is 14.5 Å². The molecule has 36 heavy (non-hydrogen) atoms. The highest BCUT2D eigenvalue weighted by Crippen LogP contribution is 2.30. The molecule has 1 aliphatic heterocycles. The summed E-state index contributed by atoms with van der Waals surface area (Å²) in [5.74, 6) is -0.440. The molecule has 0 fully saturated rings. The molecule has 0 bridgehead atoms. The number of sulfonamides is 1. The number of fused-ring (bicyclic) bond motifs is 1. The SMILES string of the molecule is CCC(C(=O)NCC(C)C)N(Cc1ccc(OC)cc1)C(=O)CCN1C(=O)c2ccccc2S1(=O)=O. The second kappa shape index (κ2) is 11.6. The topological polar surface area (TPSA) is 113 Å². The molecule has 0 aliphatic carbocycles. The van der Waals surface area contributed by atoms with Crippen LogP contribution in [0.15, 0.2) is 53.4 Å². The number of methoxy groups -OCH3 is 1. The second-order valence-corrected chi connectivity index (χ2v) is 10.9. The van der Waals surface area contributed by atoms with E-state index in [9.17, 15) is 22.8 Å². The van der Waals surface area contributed by atoms with Crippen LogP contribution in [0.2, 0.25) is 0 Å². The number of hydrogen-bond donors (Lipinski definition) is 1. The van der Waals surface area contributed by atoms with Crippen LogP contribution >= 0.6 is 0 Å². The first-order valence-electron chi connectivity index (χ1n) is 12.0. The van der Waals surface area contributed by atoms with E-state index in [0.717, 1.165) is 9.87 Å². The Kier molecular flexibility index (Phi) is 8.73. The van der Waals surface area contributed by atoms with Gasteiger partial charge in [0.15, 0.2) is 0 Å². The van der Waals surface area contributed by atoms with E-state index in [2.05, 4.69) is 5.32 Å². The average molecular weight is 516 g/mol. The number of amides is 3. The van der Waals surface area contributed by atoms with Gasteiger partial charge in [-0.25, -0.2) is 12.7 Å². The summed E-state index contributed by atoms with van der Waals surface area (Å²) in [6, 6.07) is 12.4. The average Bonchev–Trinajstić information content (AvgIpc) is 3.06. The second-order valence-electron chi connectivity index (χ2n) is 9.06. The van der Waals surface area contributed by atoms with Crippen LogP contribution in [-0.2, 0) is 26.2 Å². The van der Waals surface area contributed by atoms with Crippen molar-refractivity contribution < 1.29 is 27.5 Å². The van der Waals surface area contributed by atoms with Crippen molar-refractivity contribution >= 4 is 27.7 Å². The van der Waals surface area contributed by atoms with Gasteiger partial charge in [0.1, 0.15) is 16.7 Å². The van der Waals surface area contributed by atoms with Crippen LogP contribution < -0.4 is 10.1 Å². The van der Waals surface area contributed by atoms with Crippen LogP contribution in [0.3, 0.4) is 0 Å². The van der Waals surface area contributed by atoms with Gasteiger partial charge in [0.25, 0.3) is 15.9 Å². The molecule has 0 spiro atoms. The standard InChI is InChI=1S/C26H33N3O6S/c1-5-22(25(31)27-16-18(2)3)28(17-19-10-12-20(35-4)13-11-19)24(30)14-15-29-26(32)21-8-6-7-9-23(21)36(29,33)34/h6-13,18,22H,5,14-17H2,1-4H3,(H,27,31). The van der Waals surface area contributed by atoms with Crippen molar-refractivity contribution in [3.05, 3.63) is 59.7 Å². The number of rotatable bonds is 11. The molecule has 0 radical (unpaired) electrons. The normalized spacial score (nSPS) is 14.9. The molecule has 194 valence electrons. The fourth-order valence-electron chi connectivity index (χ4n) is 4.06. The highest BCUT2D eigenvalue weighted by molar-refractivity contribution is 7.90. The lowest BCUT2D eigenvalue weighted by Gasteiger charge is -2.31. The first-order valence-corrected chi connectivity index (χ1v) is 13.4. The van der Waals surface area contributed by atoms with Crippen molar-refractivity contribution in [3.63, 3.8) is 0 Å². The van der Waals surface area contributed by atoms with E-state index in [4.69, 9.17) is 4.74 Å². The minimum Gasteiger partial charge on any atom is -0.497 e. The summed E-state index contributed by atoms with van der Waals surface area (Å²) < 4.78 is 31.7. The summed E-state index contributed by atoms with van der Waals surface area (Å²) in [6.07, 6.45) is 0.126. The fraction of sp³-hybridized carbons (Fsp3) is 0.423. The highest BCUT2D eigenvalue weighted by atomic mass is 32.2. The van der Waals surface area contributed by atoms with Crippen LogP contribution in [0.5, 0.6) is 5.75 Å². The molecule has 1 aliphatic rings. The van der Waals surface area contributed by atoms with Gasteiger partial charge in [0.2, 0.25) is 11.8 Å². The van der Waals surface area contributed by atoms with Crippen LogP contribution in [-0.4, -0.2) is 61.6 Å². The lowest BCUT2D eigenvalue weighted by atomic mass is 10.1. The first kappa shape index (κ1) is 27.2. The number of nitrogens with one attached hydrogen (secondary N) is 1. The van der Waals surface area contributed by atoms with Gasteiger partial charge in [-0.3, -0.25) is 14.4 Å². The number of carbonyl (C=O) groups excluding carboxylic acids is 3. The Hall–Kier alpha value is -3.40. The van der Waals surface area contributed by atoms with E-state index in [0.29, 0.717) is 18.7 Å². The molecule has 3 amide bonds. The monoisotopic (exact) mass is 515 g/mol. The van der Waals surface area contributed by atoms with Gasteiger partial charge in [0, 0.05) is 26.1 Å². The molecule has 2 aromatic carbocycles. The Labute approximate surface area is 212 Å². The Morgan fingerprint density at radius 3 is 2.33 bits per heavy atom. The van der Waals surface area contributed by atoms with Crippen molar-refractivity contribution in [2.45, 2.75) is 51.1 Å². The van der Waals surface area contributed by atoms with E-state index in [-0.39, 0.29) is 41.8 Å². The largest absolute Gasteiger partial charge is 0.497 e. The van der Waals surface area contributed by atoms with E-state index >= 15 is 0 Å². The predicted molar refractivity (Wildman–Crippen MR) is 135 cm³/mol. The third-order valence-corrected chi connectivity index (χ3v) is 7.86. The lowest BCUT2D eigenvalue weighted by molar-refractivity contribution is -0.141. The summed E-state index contributed by atoms with van der Waals surface area (Å²) in [5, 5.41) is 2.89. The fourth-order valence-corrected chi connectivity index (χ4v) is 5.63. The van der Waals surface area contributed by atoms with Crippen molar-refractivity contribution in [1.29, 1.82) is 0 Å². The number of nitrogens with zero attached hydrogens (tertiary/aromatic N) is 2. The van der Waals surface area contributed by atoms with Gasteiger partial charge in [0.05, 0.1) is 12.7 Å². The molecule has 1 unspecified atom stereocenters. The Balaban J connectivity index is 1.81. The number of carbonyl (C=O) groups is 3. The van der Waals surface area contributed by atoms with Crippen LogP contribution in [0, 0.1) is 5.92 Å². The van der Waals surface area contributed by atoms with Gasteiger partial charge in [-0.15, -0.1) is 0 Å². The summed E-state index contributed by atoms with van der Waals surface area (Å²) >= 11 is 0. The molecular weight excluding hydrogens is 482 g/mol. The van der Waals surface area contributed by atoms with E-state index < -0.39 is 27.9 Å². The molecule has 2 aromatic rings. The molecule has 1 N–H and O–H groups in total. The van der Waals surface area contributed by atoms with E-state index in [1.807, 2.05) is 32.9 Å².